The standard InChI is InChI=1S/C16H15BrFNO2/c1-10-13(16(20)21-2)4-3-5-15(10)19-9-11-6-7-12(17)8-14(11)18/h3-8,19H,9H2,1-2H3. The first-order chi connectivity index (χ1) is 10.0. The minimum Gasteiger partial charge on any atom is -0.465 e. The van der Waals surface area contributed by atoms with E-state index in [9.17, 15) is 9.18 Å². The van der Waals surface area contributed by atoms with E-state index < -0.39 is 0 Å². The molecule has 0 fully saturated rings. The van der Waals surface area contributed by atoms with Gasteiger partial charge >= 0.3 is 5.97 Å². The van der Waals surface area contributed by atoms with Crippen LogP contribution >= 0.6 is 15.9 Å². The molecule has 2 rings (SSSR count). The predicted molar refractivity (Wildman–Crippen MR) is 83.9 cm³/mol. The van der Waals surface area contributed by atoms with Crippen LogP contribution in [0.15, 0.2) is 40.9 Å². The molecule has 21 heavy (non-hydrogen) atoms. The summed E-state index contributed by atoms with van der Waals surface area (Å²) in [5, 5.41) is 3.15. The van der Waals surface area contributed by atoms with Gasteiger partial charge in [0, 0.05) is 22.3 Å². The zero-order valence-corrected chi connectivity index (χ0v) is 13.3. The summed E-state index contributed by atoms with van der Waals surface area (Å²) in [4.78, 5) is 11.6. The molecule has 0 saturated carbocycles. The Balaban J connectivity index is 2.18. The van der Waals surface area contributed by atoms with Gasteiger partial charge in [-0.05, 0) is 36.8 Å². The van der Waals surface area contributed by atoms with Gasteiger partial charge in [0.15, 0.2) is 0 Å². The first kappa shape index (κ1) is 15.5. The third kappa shape index (κ3) is 3.61. The minimum atomic E-state index is -0.383. The molecule has 0 heterocycles. The Morgan fingerprint density at radius 1 is 1.33 bits per heavy atom. The van der Waals surface area contributed by atoms with Gasteiger partial charge in [0.2, 0.25) is 0 Å². The van der Waals surface area contributed by atoms with Crippen LogP contribution < -0.4 is 5.32 Å². The summed E-state index contributed by atoms with van der Waals surface area (Å²) < 4.78 is 19.2. The number of rotatable bonds is 4. The molecule has 0 aromatic heterocycles. The van der Waals surface area contributed by atoms with Gasteiger partial charge in [-0.3, -0.25) is 0 Å². The number of benzene rings is 2. The summed E-state index contributed by atoms with van der Waals surface area (Å²) >= 11 is 3.23. The van der Waals surface area contributed by atoms with Gasteiger partial charge in [-0.25, -0.2) is 9.18 Å². The van der Waals surface area contributed by atoms with Crippen molar-refractivity contribution in [3.8, 4) is 0 Å². The molecule has 0 bridgehead atoms. The van der Waals surface area contributed by atoms with E-state index in [-0.39, 0.29) is 11.8 Å². The number of hydrogen-bond donors (Lipinski definition) is 1. The van der Waals surface area contributed by atoms with Gasteiger partial charge in [-0.15, -0.1) is 0 Å². The molecule has 0 unspecified atom stereocenters. The smallest absolute Gasteiger partial charge is 0.338 e. The Hall–Kier alpha value is -1.88. The van der Waals surface area contributed by atoms with Crippen LogP contribution in [0.25, 0.3) is 0 Å². The lowest BCUT2D eigenvalue weighted by Gasteiger charge is -2.13. The number of ether oxygens (including phenoxy) is 1. The molecule has 2 aromatic rings. The molecule has 110 valence electrons. The van der Waals surface area contributed by atoms with Crippen molar-refractivity contribution < 1.29 is 13.9 Å². The van der Waals surface area contributed by atoms with E-state index >= 15 is 0 Å². The van der Waals surface area contributed by atoms with E-state index in [1.807, 2.05) is 13.0 Å². The van der Waals surface area contributed by atoms with Gasteiger partial charge in [0.1, 0.15) is 5.82 Å². The summed E-state index contributed by atoms with van der Waals surface area (Å²) in [6.07, 6.45) is 0. The van der Waals surface area contributed by atoms with Crippen molar-refractivity contribution in [1.29, 1.82) is 0 Å². The predicted octanol–water partition coefficient (Wildman–Crippen LogP) is 4.30. The lowest BCUT2D eigenvalue weighted by molar-refractivity contribution is 0.0600. The van der Waals surface area contributed by atoms with E-state index in [1.165, 1.54) is 13.2 Å². The molecule has 1 N–H and O–H groups in total. The van der Waals surface area contributed by atoms with Crippen molar-refractivity contribution in [3.05, 3.63) is 63.4 Å². The Morgan fingerprint density at radius 2 is 2.10 bits per heavy atom. The summed E-state index contributed by atoms with van der Waals surface area (Å²) in [5.41, 5.74) is 2.61. The SMILES string of the molecule is COC(=O)c1cccc(NCc2ccc(Br)cc2F)c1C. The molecular formula is C16H15BrFNO2. The highest BCUT2D eigenvalue weighted by Crippen LogP contribution is 2.21. The van der Waals surface area contributed by atoms with E-state index in [0.29, 0.717) is 22.1 Å². The second-order valence-electron chi connectivity index (χ2n) is 4.56. The van der Waals surface area contributed by atoms with Gasteiger partial charge in [-0.2, -0.15) is 0 Å². The lowest BCUT2D eigenvalue weighted by atomic mass is 10.1. The highest BCUT2D eigenvalue weighted by molar-refractivity contribution is 9.10. The van der Waals surface area contributed by atoms with E-state index in [0.717, 1.165) is 11.3 Å². The summed E-state index contributed by atoms with van der Waals surface area (Å²) in [5.74, 6) is -0.662. The molecule has 0 atom stereocenters. The largest absolute Gasteiger partial charge is 0.465 e. The van der Waals surface area contributed by atoms with Crippen LogP contribution in [-0.4, -0.2) is 13.1 Å². The Kier molecular flexibility index (Phi) is 4.96. The average Bonchev–Trinajstić information content (AvgIpc) is 2.47. The number of anilines is 1. The monoisotopic (exact) mass is 351 g/mol. The molecule has 0 aliphatic carbocycles. The number of carbonyl (C=O) groups excluding carboxylic acids is 1. The normalized spacial score (nSPS) is 10.3. The van der Waals surface area contributed by atoms with Gasteiger partial charge in [0.05, 0.1) is 12.7 Å². The van der Waals surface area contributed by atoms with Crippen LogP contribution in [-0.2, 0) is 11.3 Å². The molecule has 3 nitrogen and oxygen atoms in total. The van der Waals surface area contributed by atoms with E-state index in [4.69, 9.17) is 4.74 Å². The number of methoxy groups -OCH3 is 1. The topological polar surface area (TPSA) is 38.3 Å². The zero-order chi connectivity index (χ0) is 15.4. The van der Waals surface area contributed by atoms with E-state index in [1.54, 1.807) is 24.3 Å². The third-order valence-corrected chi connectivity index (χ3v) is 3.72. The summed E-state index contributed by atoms with van der Waals surface area (Å²) in [7, 11) is 1.35. The molecule has 0 aliphatic heterocycles. The first-order valence-electron chi connectivity index (χ1n) is 6.38. The molecule has 2 aromatic carbocycles. The van der Waals surface area contributed by atoms with Gasteiger partial charge < -0.3 is 10.1 Å². The van der Waals surface area contributed by atoms with Crippen LogP contribution in [0.4, 0.5) is 10.1 Å². The second-order valence-corrected chi connectivity index (χ2v) is 5.47. The summed E-state index contributed by atoms with van der Waals surface area (Å²) in [6, 6.07) is 10.2. The molecule has 0 spiro atoms. The fourth-order valence-corrected chi connectivity index (χ4v) is 2.35. The fourth-order valence-electron chi connectivity index (χ4n) is 2.01. The lowest BCUT2D eigenvalue weighted by Crippen LogP contribution is -2.08. The van der Waals surface area contributed by atoms with Crippen LogP contribution in [0.3, 0.4) is 0 Å². The number of esters is 1. The maximum atomic E-state index is 13.8. The summed E-state index contributed by atoms with van der Waals surface area (Å²) in [6.45, 7) is 2.16. The van der Waals surface area contributed by atoms with Crippen LogP contribution in [0.1, 0.15) is 21.5 Å². The van der Waals surface area contributed by atoms with Crippen molar-refractivity contribution in [1.82, 2.24) is 0 Å². The highest BCUT2D eigenvalue weighted by atomic mass is 79.9. The van der Waals surface area contributed by atoms with Crippen molar-refractivity contribution in [2.24, 2.45) is 0 Å². The fraction of sp³-hybridized carbons (Fsp3) is 0.188. The molecule has 0 saturated heterocycles. The van der Waals surface area contributed by atoms with Crippen molar-refractivity contribution in [3.63, 3.8) is 0 Å². The van der Waals surface area contributed by atoms with Crippen molar-refractivity contribution in [2.75, 3.05) is 12.4 Å². The Morgan fingerprint density at radius 3 is 2.76 bits per heavy atom. The van der Waals surface area contributed by atoms with Crippen LogP contribution in [0.5, 0.6) is 0 Å². The number of hydrogen-bond acceptors (Lipinski definition) is 3. The molecule has 0 aliphatic rings. The molecule has 0 amide bonds. The quantitative estimate of drug-likeness (QED) is 0.834. The highest BCUT2D eigenvalue weighted by Gasteiger charge is 2.12. The zero-order valence-electron chi connectivity index (χ0n) is 11.7. The molecular weight excluding hydrogens is 337 g/mol. The van der Waals surface area contributed by atoms with Crippen LogP contribution in [0, 0.1) is 12.7 Å². The second kappa shape index (κ2) is 6.72. The number of carbonyl (C=O) groups is 1. The number of nitrogens with one attached hydrogen (secondary N) is 1. The molecule has 5 heteroatoms. The van der Waals surface area contributed by atoms with E-state index in [2.05, 4.69) is 21.2 Å². The van der Waals surface area contributed by atoms with Crippen LogP contribution in [0.2, 0.25) is 0 Å². The maximum Gasteiger partial charge on any atom is 0.338 e. The Bertz CT molecular complexity index is 673. The van der Waals surface area contributed by atoms with Gasteiger partial charge in [0.25, 0.3) is 0 Å². The van der Waals surface area contributed by atoms with Crippen molar-refractivity contribution >= 4 is 27.6 Å². The number of halogens is 2. The maximum absolute atomic E-state index is 13.8. The minimum absolute atomic E-state index is 0.279. The van der Waals surface area contributed by atoms with Gasteiger partial charge in [-0.1, -0.05) is 28.1 Å². The van der Waals surface area contributed by atoms with Crippen molar-refractivity contribution in [2.45, 2.75) is 13.5 Å². The first-order valence-corrected chi connectivity index (χ1v) is 7.18. The average molecular weight is 352 g/mol. The third-order valence-electron chi connectivity index (χ3n) is 3.22. The molecule has 0 radical (unpaired) electrons. The Labute approximate surface area is 131 Å².